The summed E-state index contributed by atoms with van der Waals surface area (Å²) in [6.07, 6.45) is -22.8. The molecule has 0 amide bonds. The van der Waals surface area contributed by atoms with Gasteiger partial charge >= 0.3 is 83.9 Å². The first kappa shape index (κ1) is 46.2. The molecule has 40 heavy (non-hydrogen) atoms. The number of aliphatic hydroxyl groups is 2. The predicted octanol–water partition coefficient (Wildman–Crippen LogP) is 9.17. The van der Waals surface area contributed by atoms with Crippen molar-refractivity contribution in [3.63, 3.8) is 0 Å². The molecule has 0 saturated heterocycles. The van der Waals surface area contributed by atoms with Gasteiger partial charge in [-0.1, -0.05) is 39.3 Å². The fourth-order valence-electron chi connectivity index (χ4n) is 0.810. The number of benzene rings is 1. The minimum atomic E-state index is -5.69. The molecule has 0 spiro atoms. The number of hydrogen-bond donors (Lipinski definition) is 2. The molecule has 0 atom stereocenters. The van der Waals surface area contributed by atoms with Crippen LogP contribution in [0.5, 0.6) is 0 Å². The number of alkyl halides is 12. The third-order valence-electron chi connectivity index (χ3n) is 3.07. The van der Waals surface area contributed by atoms with Crippen LogP contribution in [0.15, 0.2) is 33.8 Å². The maximum absolute atomic E-state index is 11.4. The fraction of sp³-hybridized carbons (Fsp3) is 0.636. The van der Waals surface area contributed by atoms with Gasteiger partial charge in [-0.25, -0.2) is 0 Å². The quantitative estimate of drug-likeness (QED) is 0.169. The van der Waals surface area contributed by atoms with Gasteiger partial charge in [-0.15, -0.1) is 16.1 Å². The van der Waals surface area contributed by atoms with Crippen LogP contribution in [0.3, 0.4) is 0 Å². The molecule has 0 radical (unpaired) electrons. The van der Waals surface area contributed by atoms with E-state index in [2.05, 4.69) is 55.9 Å². The molecule has 0 saturated carbocycles. The van der Waals surface area contributed by atoms with Crippen molar-refractivity contribution >= 4 is 21.8 Å². The second-order valence-electron chi connectivity index (χ2n) is 10.7. The molecule has 18 heteroatoms. The van der Waals surface area contributed by atoms with Crippen LogP contribution in [0, 0.1) is 13.1 Å². The van der Waals surface area contributed by atoms with Crippen LogP contribution in [-0.4, -0.2) is 62.3 Å². The van der Waals surface area contributed by atoms with E-state index in [0.29, 0.717) is 0 Å². The molecule has 240 valence electrons. The standard InChI is InChI=1S/C6H5N.2C4H4F6O.2C4H11Si.W/c7-6-4-2-1-3-5-6;2*1-2(11,3(5,6)7)4(8,9)10;2*1-5(2,3)4;/h1-5H;2*11H,1H3;2*1H2,2-4H3;/q;;;2*-1;. The monoisotopic (exact) mass is 813 g/mol. The Morgan fingerprint density at radius 3 is 0.825 bits per heavy atom. The van der Waals surface area contributed by atoms with Crippen LogP contribution in [0.25, 0.3) is 0 Å². The van der Waals surface area contributed by atoms with E-state index in [1.54, 1.807) is 0 Å². The predicted molar refractivity (Wildman–Crippen MR) is 131 cm³/mol. The summed E-state index contributed by atoms with van der Waals surface area (Å²) in [7, 11) is -1.72. The van der Waals surface area contributed by atoms with Gasteiger partial charge in [0.25, 0.3) is 11.2 Å². The normalized spacial score (nSPS) is 13.1. The molecular weight excluding hydrogens is 778 g/mol. The van der Waals surface area contributed by atoms with E-state index in [1.165, 1.54) is 19.6 Å². The van der Waals surface area contributed by atoms with Crippen LogP contribution >= 0.6 is 0 Å². The summed E-state index contributed by atoms with van der Waals surface area (Å²) < 4.78 is 140. The Morgan fingerprint density at radius 2 is 0.750 bits per heavy atom. The van der Waals surface area contributed by atoms with Crippen LogP contribution in [-0.2, 0) is 19.6 Å². The number of rotatable bonds is 1. The molecule has 1 aromatic rings. The third-order valence-corrected chi connectivity index (χ3v) is 3.83. The van der Waals surface area contributed by atoms with Crippen LogP contribution in [0.4, 0.5) is 58.4 Å². The van der Waals surface area contributed by atoms with Crippen molar-refractivity contribution in [3.05, 3.63) is 43.4 Å². The molecule has 1 aromatic carbocycles. The first-order valence-corrected chi connectivity index (χ1v) is 19.5. The van der Waals surface area contributed by atoms with Gasteiger partial charge in [0.05, 0.1) is 0 Å². The minimum absolute atomic E-state index is 0.340. The first-order chi connectivity index (χ1) is 16.9. The van der Waals surface area contributed by atoms with Crippen molar-refractivity contribution in [2.45, 2.75) is 89.0 Å². The van der Waals surface area contributed by atoms with E-state index in [1.807, 2.05) is 30.3 Å². The summed E-state index contributed by atoms with van der Waals surface area (Å²) in [5.74, 6) is 0. The summed E-state index contributed by atoms with van der Waals surface area (Å²) in [6, 6.07) is 9.95. The van der Waals surface area contributed by atoms with Crippen molar-refractivity contribution in [2.75, 3.05) is 0 Å². The van der Waals surface area contributed by atoms with Crippen LogP contribution < -0.4 is 0 Å². The molecule has 0 unspecified atom stereocenters. The topological polar surface area (TPSA) is 52.8 Å². The van der Waals surface area contributed by atoms with Gasteiger partial charge in [-0.3, -0.25) is 0 Å². The van der Waals surface area contributed by atoms with Crippen LogP contribution in [0.2, 0.25) is 39.3 Å². The van der Waals surface area contributed by atoms with Crippen molar-refractivity contribution in [2.24, 2.45) is 3.50 Å². The molecule has 0 bridgehead atoms. The Kier molecular flexibility index (Phi) is 19.3. The molecule has 0 aliphatic rings. The number of hydrogen-bond acceptors (Lipinski definition) is 3. The molecule has 3 nitrogen and oxygen atoms in total. The van der Waals surface area contributed by atoms with Crippen molar-refractivity contribution in [1.82, 2.24) is 0 Å². The Morgan fingerprint density at radius 1 is 0.575 bits per heavy atom. The van der Waals surface area contributed by atoms with Gasteiger partial charge in [0, 0.05) is 0 Å². The fourth-order valence-corrected chi connectivity index (χ4v) is 1.25. The van der Waals surface area contributed by atoms with Crippen molar-refractivity contribution in [3.8, 4) is 0 Å². The van der Waals surface area contributed by atoms with Gasteiger partial charge in [0.15, 0.2) is 0 Å². The Balaban J connectivity index is -0.000000210. The summed E-state index contributed by atoms with van der Waals surface area (Å²) in [5.41, 5.74) is -8.18. The summed E-state index contributed by atoms with van der Waals surface area (Å²) in [6.45, 7) is 20.4. The summed E-state index contributed by atoms with van der Waals surface area (Å²) >= 11 is 1.26. The van der Waals surface area contributed by atoms with E-state index in [0.717, 1.165) is 5.69 Å². The molecular formula is C22H35F12NO2Si2W-2. The second-order valence-corrected chi connectivity index (χ2v) is 21.6. The zero-order valence-electron chi connectivity index (χ0n) is 23.1. The Hall–Kier alpha value is -0.778. The van der Waals surface area contributed by atoms with Gasteiger partial charge < -0.3 is 23.3 Å². The van der Waals surface area contributed by atoms with E-state index < -0.39 is 52.1 Å². The SMILES string of the molecule is CC(O)(C(F)(F)F)C(F)(F)F.CC(O)(C(F)(F)F)C(F)(F)F.[CH2-][Si](C)(C)C.[CH2-][Si](C)(C)C.[W]=[N]c1ccccc1. The van der Waals surface area contributed by atoms with Crippen molar-refractivity contribution in [1.29, 1.82) is 0 Å². The molecule has 0 aliphatic carbocycles. The first-order valence-electron chi connectivity index (χ1n) is 10.7. The van der Waals surface area contributed by atoms with Gasteiger partial charge in [0.2, 0.25) is 0 Å². The second kappa shape index (κ2) is 16.8. The molecule has 1 rings (SSSR count). The van der Waals surface area contributed by atoms with Gasteiger partial charge in [0.1, 0.15) is 0 Å². The van der Waals surface area contributed by atoms with E-state index in [9.17, 15) is 52.7 Å². The Labute approximate surface area is 240 Å². The number of nitrogens with zero attached hydrogens (tertiary/aromatic N) is 1. The average Bonchev–Trinajstić information content (AvgIpc) is 2.63. The maximum atomic E-state index is 11.4. The number of halogens is 12. The zero-order valence-corrected chi connectivity index (χ0v) is 28.0. The van der Waals surface area contributed by atoms with E-state index in [4.69, 9.17) is 10.2 Å². The average molecular weight is 814 g/mol. The summed E-state index contributed by atoms with van der Waals surface area (Å²) in [4.78, 5) is 0. The van der Waals surface area contributed by atoms with E-state index in [-0.39, 0.29) is 13.8 Å². The van der Waals surface area contributed by atoms with E-state index >= 15 is 0 Å². The molecule has 0 heterocycles. The molecule has 0 aliphatic heterocycles. The molecule has 2 N–H and O–H groups in total. The van der Waals surface area contributed by atoms with Gasteiger partial charge in [-0.2, -0.15) is 52.7 Å². The zero-order chi connectivity index (χ0) is 33.8. The van der Waals surface area contributed by atoms with Gasteiger partial charge in [-0.05, 0) is 13.8 Å². The third kappa shape index (κ3) is 23.9. The van der Waals surface area contributed by atoms with Crippen molar-refractivity contribution < 1.29 is 82.5 Å². The van der Waals surface area contributed by atoms with Crippen LogP contribution in [0.1, 0.15) is 13.8 Å². The molecule has 0 aromatic heterocycles. The summed E-state index contributed by atoms with van der Waals surface area (Å²) in [5, 5.41) is 15.9. The molecule has 0 fully saturated rings. The Bertz CT molecular complexity index is 734.